The summed E-state index contributed by atoms with van der Waals surface area (Å²) in [4.78, 5) is 41.1. The Balaban J connectivity index is 0.000000817. The summed E-state index contributed by atoms with van der Waals surface area (Å²) in [5.41, 5.74) is 4.38. The van der Waals surface area contributed by atoms with Crippen molar-refractivity contribution in [1.82, 2.24) is 10.4 Å². The Hall–Kier alpha value is -2.95. The van der Waals surface area contributed by atoms with Crippen molar-refractivity contribution < 1.29 is 19.2 Å². The predicted molar refractivity (Wildman–Crippen MR) is 98.7 cm³/mol. The van der Waals surface area contributed by atoms with Gasteiger partial charge in [-0.25, -0.2) is 0 Å². The van der Waals surface area contributed by atoms with Crippen LogP contribution in [0.4, 0.5) is 0 Å². The molecule has 6 nitrogen and oxygen atoms in total. The third-order valence-electron chi connectivity index (χ3n) is 4.43. The topological polar surface area (TPSA) is 83.6 Å². The van der Waals surface area contributed by atoms with Gasteiger partial charge in [-0.05, 0) is 36.2 Å². The molecule has 0 saturated carbocycles. The van der Waals surface area contributed by atoms with Gasteiger partial charge in [-0.1, -0.05) is 48.9 Å². The zero-order valence-corrected chi connectivity index (χ0v) is 15.5. The molecule has 0 unspecified atom stereocenters. The van der Waals surface area contributed by atoms with Crippen molar-refractivity contribution >= 4 is 29.6 Å². The van der Waals surface area contributed by atoms with Crippen LogP contribution in [-0.2, 0) is 14.4 Å². The third kappa shape index (κ3) is 5.03. The maximum absolute atomic E-state index is 12.4. The van der Waals surface area contributed by atoms with Gasteiger partial charge >= 0.3 is 6.15 Å². The lowest BCUT2D eigenvalue weighted by atomic mass is 9.90. The molecule has 0 aliphatic carbocycles. The van der Waals surface area contributed by atoms with Crippen LogP contribution in [0.2, 0.25) is 5.02 Å². The minimum atomic E-state index is -0.265. The van der Waals surface area contributed by atoms with Crippen LogP contribution in [0.5, 0.6) is 0 Å². The lowest BCUT2D eigenvalue weighted by molar-refractivity contribution is -0.191. The Bertz CT molecular complexity index is 818. The van der Waals surface area contributed by atoms with E-state index in [0.29, 0.717) is 17.0 Å². The number of carbonyl (C=O) groups excluding carboxylic acids is 4. The second-order valence-electron chi connectivity index (χ2n) is 5.99. The number of benzene rings is 2. The zero-order chi connectivity index (χ0) is 19.8. The molecule has 1 N–H and O–H groups in total. The van der Waals surface area contributed by atoms with Gasteiger partial charge in [0.2, 0.25) is 5.91 Å². The second-order valence-corrected chi connectivity index (χ2v) is 6.43. The van der Waals surface area contributed by atoms with Gasteiger partial charge in [-0.3, -0.25) is 20.0 Å². The van der Waals surface area contributed by atoms with Crippen molar-refractivity contribution in [2.45, 2.75) is 31.7 Å². The first kappa shape index (κ1) is 20.4. The summed E-state index contributed by atoms with van der Waals surface area (Å²) in [7, 11) is 0. The lowest BCUT2D eigenvalue weighted by Gasteiger charge is -2.27. The van der Waals surface area contributed by atoms with Crippen molar-refractivity contribution in [3.05, 3.63) is 70.7 Å². The van der Waals surface area contributed by atoms with E-state index in [4.69, 9.17) is 21.2 Å². The maximum Gasteiger partial charge on any atom is 0.373 e. The fourth-order valence-electron chi connectivity index (χ4n) is 3.21. The first-order chi connectivity index (χ1) is 13.0. The molecular weight excluding hydrogens is 368 g/mol. The minimum Gasteiger partial charge on any atom is -0.273 e. The fraction of sp³-hybridized carbons (Fsp3) is 0.250. The van der Waals surface area contributed by atoms with Gasteiger partial charge in [-0.2, -0.15) is 9.59 Å². The van der Waals surface area contributed by atoms with Crippen LogP contribution in [-0.4, -0.2) is 29.0 Å². The number of rotatable bonds is 4. The Morgan fingerprint density at radius 3 is 2.30 bits per heavy atom. The highest BCUT2D eigenvalue weighted by molar-refractivity contribution is 6.30. The standard InChI is InChI=1S/C19H19ClN2O2.CO2/c1-2-17-16(13-8-10-15(20)11-9-13)12-18(23)22(17)21-19(24)14-6-4-3-5-7-14;2-1-3/h3-11,16-17H,2,12H2,1H3,(H,21,24);/t16-,17-;/m0./s1. The van der Waals surface area contributed by atoms with E-state index >= 15 is 0 Å². The molecule has 1 aliphatic heterocycles. The molecule has 1 fully saturated rings. The van der Waals surface area contributed by atoms with Gasteiger partial charge in [0.05, 0.1) is 6.04 Å². The number of halogens is 1. The van der Waals surface area contributed by atoms with E-state index in [1.807, 2.05) is 37.3 Å². The number of hydrogen-bond acceptors (Lipinski definition) is 4. The number of nitrogens with zero attached hydrogens (tertiary/aromatic N) is 1. The molecule has 2 aromatic rings. The largest absolute Gasteiger partial charge is 0.373 e. The molecule has 140 valence electrons. The summed E-state index contributed by atoms with van der Waals surface area (Å²) in [5.74, 6) is -0.277. The Labute approximate surface area is 162 Å². The summed E-state index contributed by atoms with van der Waals surface area (Å²) in [5, 5.41) is 2.17. The van der Waals surface area contributed by atoms with Crippen LogP contribution in [0.3, 0.4) is 0 Å². The lowest BCUT2D eigenvalue weighted by Crippen LogP contribution is -2.48. The first-order valence-electron chi connectivity index (χ1n) is 8.44. The van der Waals surface area contributed by atoms with Crippen molar-refractivity contribution in [3.63, 3.8) is 0 Å². The summed E-state index contributed by atoms with van der Waals surface area (Å²) in [6.07, 6.45) is 1.39. The molecule has 2 aromatic carbocycles. The van der Waals surface area contributed by atoms with Gasteiger partial charge in [0.25, 0.3) is 5.91 Å². The monoisotopic (exact) mass is 386 g/mol. The number of nitrogens with one attached hydrogen (secondary N) is 1. The average Bonchev–Trinajstić information content (AvgIpc) is 2.99. The van der Waals surface area contributed by atoms with Crippen LogP contribution >= 0.6 is 11.6 Å². The van der Waals surface area contributed by atoms with E-state index in [9.17, 15) is 9.59 Å². The highest BCUT2D eigenvalue weighted by Crippen LogP contribution is 2.35. The molecule has 1 saturated heterocycles. The van der Waals surface area contributed by atoms with Crippen molar-refractivity contribution in [1.29, 1.82) is 0 Å². The van der Waals surface area contributed by atoms with Gasteiger partial charge in [0, 0.05) is 22.9 Å². The van der Waals surface area contributed by atoms with Crippen LogP contribution < -0.4 is 5.43 Å². The fourth-order valence-corrected chi connectivity index (χ4v) is 3.34. The molecular formula is C20H19ClN2O4. The SMILES string of the molecule is CC[C@H]1[C@H](c2ccc(Cl)cc2)CC(=O)N1NC(=O)c1ccccc1.O=C=O. The van der Waals surface area contributed by atoms with Crippen LogP contribution in [0.25, 0.3) is 0 Å². The van der Waals surface area contributed by atoms with Gasteiger partial charge in [-0.15, -0.1) is 0 Å². The second kappa shape index (κ2) is 9.67. The van der Waals surface area contributed by atoms with E-state index in [-0.39, 0.29) is 29.9 Å². The summed E-state index contributed by atoms with van der Waals surface area (Å²) in [6.45, 7) is 2.02. The normalized spacial score (nSPS) is 18.3. The van der Waals surface area contributed by atoms with Crippen LogP contribution in [0.15, 0.2) is 54.6 Å². The Morgan fingerprint density at radius 1 is 1.15 bits per heavy atom. The predicted octanol–water partition coefficient (Wildman–Crippen LogP) is 3.20. The molecule has 0 radical (unpaired) electrons. The highest BCUT2D eigenvalue weighted by atomic mass is 35.5. The Morgan fingerprint density at radius 2 is 1.74 bits per heavy atom. The zero-order valence-electron chi connectivity index (χ0n) is 14.7. The summed E-state index contributed by atoms with van der Waals surface area (Å²) < 4.78 is 0. The van der Waals surface area contributed by atoms with E-state index in [1.165, 1.54) is 5.01 Å². The highest BCUT2D eigenvalue weighted by Gasteiger charge is 2.40. The summed E-state index contributed by atoms with van der Waals surface area (Å²) >= 11 is 5.95. The van der Waals surface area contributed by atoms with Crippen molar-refractivity contribution in [2.24, 2.45) is 0 Å². The molecule has 2 amide bonds. The molecule has 3 rings (SSSR count). The number of carbonyl (C=O) groups is 2. The van der Waals surface area contributed by atoms with Gasteiger partial charge in [0.1, 0.15) is 0 Å². The number of hydrazine groups is 1. The molecule has 1 aliphatic rings. The molecule has 7 heteroatoms. The smallest absolute Gasteiger partial charge is 0.273 e. The van der Waals surface area contributed by atoms with Crippen molar-refractivity contribution in [2.75, 3.05) is 0 Å². The summed E-state index contributed by atoms with van der Waals surface area (Å²) in [6, 6.07) is 16.4. The third-order valence-corrected chi connectivity index (χ3v) is 4.69. The maximum atomic E-state index is 12.4. The molecule has 1 heterocycles. The molecule has 0 aromatic heterocycles. The van der Waals surface area contributed by atoms with Crippen LogP contribution in [0, 0.1) is 0 Å². The molecule has 0 bridgehead atoms. The van der Waals surface area contributed by atoms with E-state index in [2.05, 4.69) is 5.43 Å². The Kier molecular flexibility index (Phi) is 7.29. The van der Waals surface area contributed by atoms with E-state index < -0.39 is 0 Å². The molecule has 0 spiro atoms. The minimum absolute atomic E-state index is 0.0517. The number of hydrogen-bond donors (Lipinski definition) is 1. The van der Waals surface area contributed by atoms with Gasteiger partial charge < -0.3 is 0 Å². The average molecular weight is 387 g/mol. The van der Waals surface area contributed by atoms with Crippen molar-refractivity contribution in [3.8, 4) is 0 Å². The van der Waals surface area contributed by atoms with E-state index in [0.717, 1.165) is 12.0 Å². The van der Waals surface area contributed by atoms with Gasteiger partial charge in [0.15, 0.2) is 0 Å². The molecule has 2 atom stereocenters. The van der Waals surface area contributed by atoms with E-state index in [1.54, 1.807) is 24.3 Å². The van der Waals surface area contributed by atoms with Crippen LogP contribution in [0.1, 0.15) is 41.6 Å². The quantitative estimate of drug-likeness (QED) is 0.874. The number of amides is 2. The first-order valence-corrected chi connectivity index (χ1v) is 8.82. The molecule has 27 heavy (non-hydrogen) atoms.